The first-order valence-electron chi connectivity index (χ1n) is 6.03. The van der Waals surface area contributed by atoms with E-state index in [1.807, 2.05) is 0 Å². The third-order valence-electron chi connectivity index (χ3n) is 2.50. The molecule has 0 rings (SSSR count). The second kappa shape index (κ2) is 11.0. The minimum Gasteiger partial charge on any atom is -0.394 e. The molecule has 0 spiro atoms. The Morgan fingerprint density at radius 2 is 1.86 bits per heavy atom. The highest BCUT2D eigenvalue weighted by Crippen LogP contribution is 2.15. The molecule has 2 heteroatoms. The van der Waals surface area contributed by atoms with E-state index in [9.17, 15) is 0 Å². The van der Waals surface area contributed by atoms with E-state index >= 15 is 0 Å². The number of ether oxygens (including phenoxy) is 1. The molecular weight excluding hydrogens is 176 g/mol. The van der Waals surface area contributed by atoms with Gasteiger partial charge in [0, 0.05) is 6.61 Å². The molecule has 1 atom stereocenters. The molecule has 14 heavy (non-hydrogen) atoms. The van der Waals surface area contributed by atoms with Crippen molar-refractivity contribution in [3.05, 3.63) is 0 Å². The molecule has 2 nitrogen and oxygen atoms in total. The molecule has 0 saturated heterocycles. The van der Waals surface area contributed by atoms with Crippen LogP contribution in [0.3, 0.4) is 0 Å². The number of hydrogen-bond donors (Lipinski definition) is 1. The average molecular weight is 202 g/mol. The van der Waals surface area contributed by atoms with E-state index in [1.165, 1.54) is 38.5 Å². The Balaban J connectivity index is 3.44. The summed E-state index contributed by atoms with van der Waals surface area (Å²) in [6.07, 6.45) is 7.72. The van der Waals surface area contributed by atoms with Crippen molar-refractivity contribution >= 4 is 0 Å². The standard InChI is InChI=1S/C12H26O2/c1-3-5-6-8-12(7-4-2)11-14-10-9-13/h12-13H,3-11H2,1-2H3. The molecule has 0 amide bonds. The average Bonchev–Trinajstić information content (AvgIpc) is 2.18. The molecule has 86 valence electrons. The molecule has 0 bridgehead atoms. The van der Waals surface area contributed by atoms with Crippen LogP contribution < -0.4 is 0 Å². The lowest BCUT2D eigenvalue weighted by atomic mass is 9.97. The molecule has 0 aliphatic carbocycles. The van der Waals surface area contributed by atoms with Crippen LogP contribution in [0.25, 0.3) is 0 Å². The Labute approximate surface area is 88.7 Å². The van der Waals surface area contributed by atoms with Crippen molar-refractivity contribution in [2.24, 2.45) is 5.92 Å². The fourth-order valence-corrected chi connectivity index (χ4v) is 1.72. The van der Waals surface area contributed by atoms with Crippen LogP contribution in [-0.2, 0) is 4.74 Å². The van der Waals surface area contributed by atoms with Crippen molar-refractivity contribution in [3.63, 3.8) is 0 Å². The van der Waals surface area contributed by atoms with Gasteiger partial charge in [0.05, 0.1) is 13.2 Å². The van der Waals surface area contributed by atoms with Crippen LogP contribution >= 0.6 is 0 Å². The van der Waals surface area contributed by atoms with Gasteiger partial charge in [-0.05, 0) is 18.8 Å². The highest BCUT2D eigenvalue weighted by atomic mass is 16.5. The van der Waals surface area contributed by atoms with E-state index in [-0.39, 0.29) is 6.61 Å². The topological polar surface area (TPSA) is 29.5 Å². The van der Waals surface area contributed by atoms with E-state index in [0.29, 0.717) is 12.5 Å². The lowest BCUT2D eigenvalue weighted by molar-refractivity contribution is 0.0625. The van der Waals surface area contributed by atoms with Crippen LogP contribution in [0.4, 0.5) is 0 Å². The van der Waals surface area contributed by atoms with Gasteiger partial charge < -0.3 is 9.84 Å². The third-order valence-corrected chi connectivity index (χ3v) is 2.50. The third kappa shape index (κ3) is 8.52. The van der Waals surface area contributed by atoms with Crippen LogP contribution in [0, 0.1) is 5.92 Å². The van der Waals surface area contributed by atoms with Gasteiger partial charge in [0.25, 0.3) is 0 Å². The Hall–Kier alpha value is -0.0800. The van der Waals surface area contributed by atoms with Crippen LogP contribution in [0.2, 0.25) is 0 Å². The van der Waals surface area contributed by atoms with Gasteiger partial charge in [-0.3, -0.25) is 0 Å². The van der Waals surface area contributed by atoms with E-state index in [2.05, 4.69) is 13.8 Å². The molecule has 0 saturated carbocycles. The number of hydrogen-bond acceptors (Lipinski definition) is 2. The summed E-state index contributed by atoms with van der Waals surface area (Å²) in [5, 5.41) is 8.60. The summed E-state index contributed by atoms with van der Waals surface area (Å²) >= 11 is 0. The molecule has 1 unspecified atom stereocenters. The zero-order valence-electron chi connectivity index (χ0n) is 9.80. The van der Waals surface area contributed by atoms with Crippen LogP contribution in [0.15, 0.2) is 0 Å². The van der Waals surface area contributed by atoms with E-state index in [1.54, 1.807) is 0 Å². The maximum absolute atomic E-state index is 8.60. The summed E-state index contributed by atoms with van der Waals surface area (Å²) in [7, 11) is 0. The molecule has 0 aliphatic rings. The normalized spacial score (nSPS) is 13.1. The Morgan fingerprint density at radius 1 is 1.07 bits per heavy atom. The quantitative estimate of drug-likeness (QED) is 0.552. The number of aliphatic hydroxyl groups is 1. The second-order valence-corrected chi connectivity index (χ2v) is 3.95. The second-order valence-electron chi connectivity index (χ2n) is 3.95. The number of aliphatic hydroxyl groups excluding tert-OH is 1. The fourth-order valence-electron chi connectivity index (χ4n) is 1.72. The van der Waals surface area contributed by atoms with Crippen LogP contribution in [-0.4, -0.2) is 24.9 Å². The van der Waals surface area contributed by atoms with Crippen molar-refractivity contribution in [1.82, 2.24) is 0 Å². The first kappa shape index (κ1) is 13.9. The first-order valence-corrected chi connectivity index (χ1v) is 6.03. The number of rotatable bonds is 10. The molecule has 0 aliphatic heterocycles. The molecule has 0 heterocycles. The van der Waals surface area contributed by atoms with Gasteiger partial charge in [0.2, 0.25) is 0 Å². The van der Waals surface area contributed by atoms with Crippen LogP contribution in [0.5, 0.6) is 0 Å². The van der Waals surface area contributed by atoms with Crippen molar-refractivity contribution in [2.45, 2.75) is 52.4 Å². The molecule has 1 N–H and O–H groups in total. The van der Waals surface area contributed by atoms with Crippen molar-refractivity contribution in [3.8, 4) is 0 Å². The van der Waals surface area contributed by atoms with E-state index in [0.717, 1.165) is 6.61 Å². The first-order chi connectivity index (χ1) is 6.85. The summed E-state index contributed by atoms with van der Waals surface area (Å²) in [5.41, 5.74) is 0. The monoisotopic (exact) mass is 202 g/mol. The molecule has 0 aromatic carbocycles. The van der Waals surface area contributed by atoms with Gasteiger partial charge in [-0.2, -0.15) is 0 Å². The SMILES string of the molecule is CCCCCC(CCC)COCCO. The smallest absolute Gasteiger partial charge is 0.0697 e. The maximum Gasteiger partial charge on any atom is 0.0697 e. The van der Waals surface area contributed by atoms with Crippen molar-refractivity contribution in [2.75, 3.05) is 19.8 Å². The van der Waals surface area contributed by atoms with Crippen molar-refractivity contribution in [1.29, 1.82) is 0 Å². The lowest BCUT2D eigenvalue weighted by Gasteiger charge is -2.15. The summed E-state index contributed by atoms with van der Waals surface area (Å²) in [5.74, 6) is 0.707. The molecule has 0 fully saturated rings. The predicted octanol–water partition coefficient (Wildman–Crippen LogP) is 2.99. The van der Waals surface area contributed by atoms with Crippen LogP contribution in [0.1, 0.15) is 52.4 Å². The zero-order chi connectivity index (χ0) is 10.6. The van der Waals surface area contributed by atoms with Gasteiger partial charge in [-0.25, -0.2) is 0 Å². The van der Waals surface area contributed by atoms with Gasteiger partial charge in [-0.1, -0.05) is 39.5 Å². The predicted molar refractivity (Wildman–Crippen MR) is 60.4 cm³/mol. The lowest BCUT2D eigenvalue weighted by Crippen LogP contribution is -2.11. The maximum atomic E-state index is 8.60. The highest BCUT2D eigenvalue weighted by molar-refractivity contribution is 4.58. The summed E-state index contributed by atoms with van der Waals surface area (Å²) in [4.78, 5) is 0. The van der Waals surface area contributed by atoms with Gasteiger partial charge in [-0.15, -0.1) is 0 Å². The molecule has 0 radical (unpaired) electrons. The van der Waals surface area contributed by atoms with Gasteiger partial charge in [0.1, 0.15) is 0 Å². The Kier molecular flexibility index (Phi) is 10.9. The summed E-state index contributed by atoms with van der Waals surface area (Å²) < 4.78 is 5.38. The van der Waals surface area contributed by atoms with Crippen molar-refractivity contribution < 1.29 is 9.84 Å². The van der Waals surface area contributed by atoms with Gasteiger partial charge in [0.15, 0.2) is 0 Å². The number of unbranched alkanes of at least 4 members (excludes halogenated alkanes) is 2. The highest BCUT2D eigenvalue weighted by Gasteiger charge is 2.07. The molecular formula is C12H26O2. The minimum atomic E-state index is 0.147. The van der Waals surface area contributed by atoms with Gasteiger partial charge >= 0.3 is 0 Å². The fraction of sp³-hybridized carbons (Fsp3) is 1.00. The Bertz CT molecular complexity index is 94.5. The molecule has 0 aromatic heterocycles. The van der Waals surface area contributed by atoms with E-state index < -0.39 is 0 Å². The molecule has 0 aromatic rings. The minimum absolute atomic E-state index is 0.147. The zero-order valence-corrected chi connectivity index (χ0v) is 9.80. The summed E-state index contributed by atoms with van der Waals surface area (Å²) in [6.45, 7) is 5.93. The largest absolute Gasteiger partial charge is 0.394 e. The van der Waals surface area contributed by atoms with E-state index in [4.69, 9.17) is 9.84 Å². The summed E-state index contributed by atoms with van der Waals surface area (Å²) in [6, 6.07) is 0. The Morgan fingerprint density at radius 3 is 2.43 bits per heavy atom.